The molecular weight excluding hydrogens is 336 g/mol. The lowest BCUT2D eigenvalue weighted by atomic mass is 10.2. The Morgan fingerprint density at radius 3 is 2.69 bits per heavy atom. The van der Waals surface area contributed by atoms with Crippen LogP contribution in [-0.4, -0.2) is 32.7 Å². The molecule has 0 aliphatic heterocycles. The molecule has 0 atom stereocenters. The maximum atomic E-state index is 12.2. The van der Waals surface area contributed by atoms with E-state index in [9.17, 15) is 9.90 Å². The van der Waals surface area contributed by atoms with Crippen LogP contribution in [0, 0.1) is 0 Å². The van der Waals surface area contributed by atoms with Gasteiger partial charge in [-0.1, -0.05) is 0 Å². The number of nitrogens with zero attached hydrogens (tertiary/aromatic N) is 3. The van der Waals surface area contributed by atoms with E-state index in [0.29, 0.717) is 11.5 Å². The maximum Gasteiger partial charge on any atom is 0.275 e. The summed E-state index contributed by atoms with van der Waals surface area (Å²) in [6.07, 6.45) is 4.71. The van der Waals surface area contributed by atoms with Crippen LogP contribution in [0.3, 0.4) is 0 Å². The summed E-state index contributed by atoms with van der Waals surface area (Å²) in [6.45, 7) is 0.238. The van der Waals surface area contributed by atoms with Crippen molar-refractivity contribution in [1.29, 1.82) is 0 Å². The number of aromatic nitrogens is 3. The summed E-state index contributed by atoms with van der Waals surface area (Å²) < 4.78 is 12.4. The predicted octanol–water partition coefficient (Wildman–Crippen LogP) is 2.36. The van der Waals surface area contributed by atoms with E-state index in [-0.39, 0.29) is 23.7 Å². The van der Waals surface area contributed by atoms with Crippen molar-refractivity contribution >= 4 is 11.6 Å². The predicted molar refractivity (Wildman–Crippen MR) is 94.4 cm³/mol. The van der Waals surface area contributed by atoms with Gasteiger partial charge in [-0.05, 0) is 24.3 Å². The van der Waals surface area contributed by atoms with E-state index < -0.39 is 5.91 Å². The first-order valence-corrected chi connectivity index (χ1v) is 7.79. The van der Waals surface area contributed by atoms with Gasteiger partial charge in [0.25, 0.3) is 5.91 Å². The van der Waals surface area contributed by atoms with Gasteiger partial charge in [-0.25, -0.2) is 4.98 Å². The van der Waals surface area contributed by atoms with Crippen LogP contribution in [0.15, 0.2) is 49.1 Å². The van der Waals surface area contributed by atoms with Crippen LogP contribution in [-0.2, 0) is 13.7 Å². The number of amides is 1. The number of pyridine rings is 1. The molecule has 0 saturated carbocycles. The lowest BCUT2D eigenvalue weighted by molar-refractivity contribution is 0.102. The Morgan fingerprint density at radius 2 is 2.04 bits per heavy atom. The molecule has 134 valence electrons. The monoisotopic (exact) mass is 354 g/mol. The Balaban J connectivity index is 1.67. The lowest BCUT2D eigenvalue weighted by Crippen LogP contribution is -2.12. The van der Waals surface area contributed by atoms with Crippen molar-refractivity contribution in [2.24, 2.45) is 7.05 Å². The molecule has 2 aromatic heterocycles. The molecule has 3 aromatic rings. The van der Waals surface area contributed by atoms with Crippen LogP contribution in [0.2, 0.25) is 0 Å². The van der Waals surface area contributed by atoms with Crippen LogP contribution in [0.25, 0.3) is 0 Å². The number of benzene rings is 1. The number of ether oxygens (including phenoxy) is 2. The summed E-state index contributed by atoms with van der Waals surface area (Å²) in [5.41, 5.74) is 1.21. The van der Waals surface area contributed by atoms with Gasteiger partial charge in [-0.2, -0.15) is 0 Å². The Labute approximate surface area is 150 Å². The quantitative estimate of drug-likeness (QED) is 0.660. The number of hydrogen-bond acceptors (Lipinski definition) is 6. The Morgan fingerprint density at radius 1 is 1.23 bits per heavy atom. The first-order chi connectivity index (χ1) is 12.5. The van der Waals surface area contributed by atoms with Gasteiger partial charge in [0.15, 0.2) is 0 Å². The fourth-order valence-corrected chi connectivity index (χ4v) is 2.20. The molecule has 8 nitrogen and oxygen atoms in total. The van der Waals surface area contributed by atoms with Crippen molar-refractivity contribution in [2.75, 3.05) is 12.4 Å². The molecule has 8 heteroatoms. The summed E-state index contributed by atoms with van der Waals surface area (Å²) in [4.78, 5) is 20.4. The molecule has 0 unspecified atom stereocenters. The Hall–Kier alpha value is -3.55. The molecule has 2 N–H and O–H groups in total. The highest BCUT2D eigenvalue weighted by molar-refractivity contribution is 6.03. The second kappa shape index (κ2) is 7.56. The highest BCUT2D eigenvalue weighted by Gasteiger charge is 2.12. The molecule has 0 bridgehead atoms. The number of carbonyl (C=O) groups excluding carboxylic acids is 1. The number of carbonyl (C=O) groups is 1. The third-order valence-electron chi connectivity index (χ3n) is 3.57. The number of anilines is 1. The van der Waals surface area contributed by atoms with Gasteiger partial charge in [0.1, 0.15) is 29.5 Å². The van der Waals surface area contributed by atoms with E-state index >= 15 is 0 Å². The van der Waals surface area contributed by atoms with Gasteiger partial charge in [0.05, 0.1) is 31.0 Å². The van der Waals surface area contributed by atoms with Crippen LogP contribution in [0.1, 0.15) is 16.2 Å². The molecular formula is C18H18N4O4. The van der Waals surface area contributed by atoms with Crippen LogP contribution in [0.4, 0.5) is 5.69 Å². The molecule has 0 aliphatic carbocycles. The minimum atomic E-state index is -0.421. The van der Waals surface area contributed by atoms with Crippen LogP contribution in [0.5, 0.6) is 17.2 Å². The van der Waals surface area contributed by atoms with Gasteiger partial charge >= 0.3 is 0 Å². The molecule has 2 heterocycles. The number of hydrogen-bond donors (Lipinski definition) is 2. The van der Waals surface area contributed by atoms with Crippen molar-refractivity contribution in [1.82, 2.24) is 14.5 Å². The van der Waals surface area contributed by atoms with Gasteiger partial charge < -0.3 is 24.5 Å². The molecule has 0 radical (unpaired) electrons. The number of imidazole rings is 1. The summed E-state index contributed by atoms with van der Waals surface area (Å²) in [5.74, 6) is 0.661. The highest BCUT2D eigenvalue weighted by Crippen LogP contribution is 2.28. The zero-order chi connectivity index (χ0) is 18.5. The lowest BCUT2D eigenvalue weighted by Gasteiger charge is -2.10. The molecule has 1 aromatic carbocycles. The smallest absolute Gasteiger partial charge is 0.275 e. The number of aromatic hydroxyl groups is 1. The first kappa shape index (κ1) is 17.3. The average Bonchev–Trinajstić information content (AvgIpc) is 3.09. The fourth-order valence-electron chi connectivity index (χ4n) is 2.20. The van der Waals surface area contributed by atoms with Gasteiger partial charge in [-0.15, -0.1) is 0 Å². The first-order valence-electron chi connectivity index (χ1n) is 7.79. The van der Waals surface area contributed by atoms with Crippen molar-refractivity contribution in [2.45, 2.75) is 6.61 Å². The molecule has 26 heavy (non-hydrogen) atoms. The SMILES string of the molecule is COc1ccc(COc2ccc(O)c(NC(=O)c3cn(C)cn3)c2)nc1. The van der Waals surface area contributed by atoms with Gasteiger partial charge in [0, 0.05) is 19.3 Å². The molecule has 0 fully saturated rings. The number of rotatable bonds is 6. The Bertz CT molecular complexity index is 906. The van der Waals surface area contributed by atoms with Crippen molar-refractivity contribution in [3.8, 4) is 17.2 Å². The van der Waals surface area contributed by atoms with Crippen molar-refractivity contribution < 1.29 is 19.4 Å². The maximum absolute atomic E-state index is 12.2. The minimum absolute atomic E-state index is 0.0656. The van der Waals surface area contributed by atoms with Gasteiger partial charge in [0.2, 0.25) is 0 Å². The molecule has 0 spiro atoms. The second-order valence-electron chi connectivity index (χ2n) is 5.54. The minimum Gasteiger partial charge on any atom is -0.506 e. The summed E-state index contributed by atoms with van der Waals surface area (Å²) >= 11 is 0. The zero-order valence-electron chi connectivity index (χ0n) is 14.3. The number of phenols is 1. The number of nitrogens with one attached hydrogen (secondary N) is 1. The number of phenolic OH excluding ortho intramolecular Hbond substituents is 1. The van der Waals surface area contributed by atoms with E-state index in [1.165, 1.54) is 12.4 Å². The second-order valence-corrected chi connectivity index (χ2v) is 5.54. The molecule has 3 rings (SSSR count). The van der Waals surface area contributed by atoms with E-state index in [2.05, 4.69) is 15.3 Å². The third-order valence-corrected chi connectivity index (χ3v) is 3.57. The van der Waals surface area contributed by atoms with Crippen LogP contribution < -0.4 is 14.8 Å². The summed E-state index contributed by atoms with van der Waals surface area (Å²) in [7, 11) is 3.34. The van der Waals surface area contributed by atoms with Crippen molar-refractivity contribution in [3.05, 3.63) is 60.4 Å². The number of aryl methyl sites for hydroxylation is 1. The molecule has 0 aliphatic rings. The van der Waals surface area contributed by atoms with Crippen molar-refractivity contribution in [3.63, 3.8) is 0 Å². The van der Waals surface area contributed by atoms with Crippen LogP contribution >= 0.6 is 0 Å². The molecule has 0 saturated heterocycles. The molecule has 1 amide bonds. The topological polar surface area (TPSA) is 98.5 Å². The van der Waals surface area contributed by atoms with E-state index in [0.717, 1.165) is 5.69 Å². The largest absolute Gasteiger partial charge is 0.506 e. The fraction of sp³-hybridized carbons (Fsp3) is 0.167. The zero-order valence-corrected chi connectivity index (χ0v) is 14.3. The van der Waals surface area contributed by atoms with E-state index in [4.69, 9.17) is 9.47 Å². The highest BCUT2D eigenvalue weighted by atomic mass is 16.5. The average molecular weight is 354 g/mol. The normalized spacial score (nSPS) is 10.4. The number of methoxy groups -OCH3 is 1. The Kier molecular flexibility index (Phi) is 5.02. The third kappa shape index (κ3) is 4.10. The standard InChI is InChI=1S/C18H18N4O4/c1-22-9-16(20-11-22)18(24)21-15-7-13(5-6-17(15)23)26-10-12-3-4-14(25-2)8-19-12/h3-9,11,23H,10H2,1-2H3,(H,21,24). The van der Waals surface area contributed by atoms with Gasteiger partial charge in [-0.3, -0.25) is 9.78 Å². The van der Waals surface area contributed by atoms with E-state index in [1.54, 1.807) is 55.4 Å². The summed E-state index contributed by atoms with van der Waals surface area (Å²) in [6, 6.07) is 8.18. The summed E-state index contributed by atoms with van der Waals surface area (Å²) in [5, 5.41) is 12.6. The van der Waals surface area contributed by atoms with E-state index in [1.807, 2.05) is 0 Å².